The zero-order valence-electron chi connectivity index (χ0n) is 10.9. The fourth-order valence-electron chi connectivity index (χ4n) is 1.82. The summed E-state index contributed by atoms with van der Waals surface area (Å²) in [6.07, 6.45) is 0. The molecule has 0 saturated heterocycles. The van der Waals surface area contributed by atoms with Crippen LogP contribution in [0.2, 0.25) is 10.0 Å². The largest absolute Gasteiger partial charge is 0.489 e. The summed E-state index contributed by atoms with van der Waals surface area (Å²) >= 11 is 15.6. The van der Waals surface area contributed by atoms with Crippen molar-refractivity contribution in [3.63, 3.8) is 0 Å². The highest BCUT2D eigenvalue weighted by atomic mass is 79.9. The van der Waals surface area contributed by atoms with Gasteiger partial charge >= 0.3 is 0 Å². The lowest BCUT2D eigenvalue weighted by Crippen LogP contribution is -2.08. The molecule has 0 radical (unpaired) electrons. The van der Waals surface area contributed by atoms with Crippen LogP contribution < -0.4 is 10.5 Å². The van der Waals surface area contributed by atoms with E-state index in [0.717, 1.165) is 21.3 Å². The van der Waals surface area contributed by atoms with Gasteiger partial charge < -0.3 is 10.5 Å². The van der Waals surface area contributed by atoms with Crippen molar-refractivity contribution in [1.29, 1.82) is 0 Å². The highest BCUT2D eigenvalue weighted by molar-refractivity contribution is 9.10. The van der Waals surface area contributed by atoms with Crippen molar-refractivity contribution in [1.82, 2.24) is 0 Å². The molecule has 0 amide bonds. The minimum Gasteiger partial charge on any atom is -0.489 e. The van der Waals surface area contributed by atoms with Crippen LogP contribution in [0.5, 0.6) is 5.75 Å². The third kappa shape index (κ3) is 3.67. The molecule has 5 heteroatoms. The van der Waals surface area contributed by atoms with Crippen molar-refractivity contribution in [2.75, 3.05) is 0 Å². The van der Waals surface area contributed by atoms with Crippen LogP contribution in [0.1, 0.15) is 24.1 Å². The second-order valence-electron chi connectivity index (χ2n) is 4.47. The van der Waals surface area contributed by atoms with E-state index >= 15 is 0 Å². The van der Waals surface area contributed by atoms with Crippen molar-refractivity contribution < 1.29 is 4.74 Å². The van der Waals surface area contributed by atoms with Gasteiger partial charge in [0.15, 0.2) is 0 Å². The Morgan fingerprint density at radius 3 is 2.70 bits per heavy atom. The summed E-state index contributed by atoms with van der Waals surface area (Å²) in [5, 5.41) is 1.05. The molecule has 0 bridgehead atoms. The molecule has 1 atom stereocenters. The van der Waals surface area contributed by atoms with Crippen molar-refractivity contribution in [2.24, 2.45) is 5.73 Å². The van der Waals surface area contributed by atoms with Gasteiger partial charge in [-0.15, -0.1) is 0 Å². The van der Waals surface area contributed by atoms with Crippen LogP contribution in [-0.4, -0.2) is 0 Å². The molecular formula is C15H14BrCl2NO. The van der Waals surface area contributed by atoms with Crippen LogP contribution >= 0.6 is 39.1 Å². The number of hydrogen-bond donors (Lipinski definition) is 1. The van der Waals surface area contributed by atoms with E-state index in [4.69, 9.17) is 33.7 Å². The summed E-state index contributed by atoms with van der Waals surface area (Å²) in [6, 6.07) is 11.1. The number of ether oxygens (including phenoxy) is 1. The van der Waals surface area contributed by atoms with E-state index in [-0.39, 0.29) is 6.04 Å². The summed E-state index contributed by atoms with van der Waals surface area (Å²) in [7, 11) is 0. The summed E-state index contributed by atoms with van der Waals surface area (Å²) in [5.41, 5.74) is 7.75. The average molecular weight is 375 g/mol. The van der Waals surface area contributed by atoms with Gasteiger partial charge in [-0.25, -0.2) is 0 Å². The maximum atomic E-state index is 6.14. The van der Waals surface area contributed by atoms with Gasteiger partial charge in [-0.05, 0) is 31.2 Å². The van der Waals surface area contributed by atoms with Gasteiger partial charge in [0.2, 0.25) is 0 Å². The maximum absolute atomic E-state index is 6.14. The van der Waals surface area contributed by atoms with Crippen LogP contribution in [0.4, 0.5) is 0 Å². The van der Waals surface area contributed by atoms with Crippen molar-refractivity contribution in [3.05, 3.63) is 62.0 Å². The molecule has 0 spiro atoms. The lowest BCUT2D eigenvalue weighted by atomic mass is 10.1. The number of halogens is 3. The van der Waals surface area contributed by atoms with Crippen LogP contribution in [0.15, 0.2) is 40.9 Å². The first-order valence-electron chi connectivity index (χ1n) is 6.09. The van der Waals surface area contributed by atoms with Gasteiger partial charge in [-0.3, -0.25) is 0 Å². The minimum absolute atomic E-state index is 0.114. The van der Waals surface area contributed by atoms with Crippen molar-refractivity contribution >= 4 is 39.1 Å². The number of benzene rings is 2. The molecule has 0 saturated carbocycles. The second kappa shape index (κ2) is 6.81. The smallest absolute Gasteiger partial charge is 0.124 e. The predicted molar refractivity (Wildman–Crippen MR) is 87.5 cm³/mol. The van der Waals surface area contributed by atoms with E-state index in [1.807, 2.05) is 37.3 Å². The van der Waals surface area contributed by atoms with Crippen molar-refractivity contribution in [3.8, 4) is 5.75 Å². The first-order chi connectivity index (χ1) is 9.49. The summed E-state index contributed by atoms with van der Waals surface area (Å²) in [5.74, 6) is 0.749. The number of nitrogens with two attached hydrogens (primary N) is 1. The third-order valence-corrected chi connectivity index (χ3v) is 4.23. The van der Waals surface area contributed by atoms with Gasteiger partial charge in [-0.1, -0.05) is 51.3 Å². The van der Waals surface area contributed by atoms with Gasteiger partial charge in [0, 0.05) is 21.6 Å². The Hall–Kier alpha value is -0.740. The molecule has 2 nitrogen and oxygen atoms in total. The van der Waals surface area contributed by atoms with Crippen molar-refractivity contribution in [2.45, 2.75) is 19.6 Å². The Kier molecular flexibility index (Phi) is 5.33. The molecule has 1 unspecified atom stereocenters. The van der Waals surface area contributed by atoms with Crippen LogP contribution in [0.25, 0.3) is 0 Å². The van der Waals surface area contributed by atoms with Gasteiger partial charge in [0.1, 0.15) is 12.4 Å². The molecular weight excluding hydrogens is 361 g/mol. The van der Waals surface area contributed by atoms with E-state index in [0.29, 0.717) is 16.7 Å². The molecule has 0 fully saturated rings. The van der Waals surface area contributed by atoms with E-state index in [9.17, 15) is 0 Å². The first kappa shape index (κ1) is 15.6. The fourth-order valence-corrected chi connectivity index (χ4v) is 2.58. The van der Waals surface area contributed by atoms with Gasteiger partial charge in [-0.2, -0.15) is 0 Å². The summed E-state index contributed by atoms with van der Waals surface area (Å²) < 4.78 is 6.80. The minimum atomic E-state index is -0.114. The zero-order chi connectivity index (χ0) is 14.7. The first-order valence-corrected chi connectivity index (χ1v) is 7.64. The Bertz CT molecular complexity index is 617. The molecule has 2 aromatic carbocycles. The Balaban J connectivity index is 2.21. The lowest BCUT2D eigenvalue weighted by molar-refractivity contribution is 0.301. The summed E-state index contributed by atoms with van der Waals surface area (Å²) in [4.78, 5) is 0. The van der Waals surface area contributed by atoms with Crippen LogP contribution in [0.3, 0.4) is 0 Å². The molecule has 0 aliphatic rings. The SMILES string of the molecule is CC(N)c1cc(Br)ccc1OCc1cccc(Cl)c1Cl. The second-order valence-corrected chi connectivity index (χ2v) is 6.17. The van der Waals surface area contributed by atoms with Gasteiger partial charge in [0.05, 0.1) is 10.0 Å². The normalized spacial score (nSPS) is 12.2. The molecule has 0 aromatic heterocycles. The molecule has 2 aromatic rings. The third-order valence-electron chi connectivity index (χ3n) is 2.88. The maximum Gasteiger partial charge on any atom is 0.124 e. The summed E-state index contributed by atoms with van der Waals surface area (Å²) in [6.45, 7) is 2.27. The Labute approximate surface area is 137 Å². The van der Waals surface area contributed by atoms with Crippen LogP contribution in [0, 0.1) is 0 Å². The van der Waals surface area contributed by atoms with E-state index < -0.39 is 0 Å². The van der Waals surface area contributed by atoms with E-state index in [1.54, 1.807) is 6.07 Å². The predicted octanol–water partition coefficient (Wildman–Crippen LogP) is 5.35. The molecule has 0 aliphatic heterocycles. The Morgan fingerprint density at radius 2 is 2.00 bits per heavy atom. The molecule has 0 heterocycles. The molecule has 20 heavy (non-hydrogen) atoms. The zero-order valence-corrected chi connectivity index (χ0v) is 14.0. The number of rotatable bonds is 4. The van der Waals surface area contributed by atoms with Gasteiger partial charge in [0.25, 0.3) is 0 Å². The highest BCUT2D eigenvalue weighted by Gasteiger charge is 2.10. The molecule has 106 valence electrons. The quantitative estimate of drug-likeness (QED) is 0.782. The number of hydrogen-bond acceptors (Lipinski definition) is 2. The molecule has 0 aliphatic carbocycles. The van der Waals surface area contributed by atoms with Crippen LogP contribution in [-0.2, 0) is 6.61 Å². The fraction of sp³-hybridized carbons (Fsp3) is 0.200. The molecule has 2 N–H and O–H groups in total. The highest BCUT2D eigenvalue weighted by Crippen LogP contribution is 2.30. The molecule has 2 rings (SSSR count). The van der Waals surface area contributed by atoms with E-state index in [2.05, 4.69) is 15.9 Å². The van der Waals surface area contributed by atoms with E-state index in [1.165, 1.54) is 0 Å². The average Bonchev–Trinajstić information content (AvgIpc) is 2.41. The topological polar surface area (TPSA) is 35.2 Å². The monoisotopic (exact) mass is 373 g/mol. The lowest BCUT2D eigenvalue weighted by Gasteiger charge is -2.15. The Morgan fingerprint density at radius 1 is 1.25 bits per heavy atom. The standard InChI is InChI=1S/C15H14BrCl2NO/c1-9(19)12-7-11(16)5-6-14(12)20-8-10-3-2-4-13(17)15(10)18/h2-7,9H,8,19H2,1H3.